The number of phosphoric acid groups is 2. The number of nitrogens with zero attached hydrogens (tertiary/aromatic N) is 7. The highest BCUT2D eigenvalue weighted by Gasteiger charge is 2.52. The van der Waals surface area contributed by atoms with E-state index in [1.807, 2.05) is 0 Å². The van der Waals surface area contributed by atoms with E-state index in [-0.39, 0.29) is 40.9 Å². The van der Waals surface area contributed by atoms with Gasteiger partial charge in [-0.15, -0.1) is 11.8 Å². The van der Waals surface area contributed by atoms with Gasteiger partial charge in [-0.25, -0.2) is 33.7 Å². The number of aliphatic hydroxyl groups excluding tert-OH is 1. The van der Waals surface area contributed by atoms with Gasteiger partial charge in [0.05, 0.1) is 32.0 Å². The van der Waals surface area contributed by atoms with Crippen LogP contribution in [0.4, 0.5) is 16.4 Å². The van der Waals surface area contributed by atoms with Crippen LogP contribution in [0.1, 0.15) is 39.6 Å². The molecule has 3 aliphatic heterocycles. The molecule has 28 heteroatoms. The zero-order chi connectivity index (χ0) is 41.5. The van der Waals surface area contributed by atoms with E-state index in [2.05, 4.69) is 24.5 Å². The van der Waals surface area contributed by atoms with Gasteiger partial charge in [0.25, 0.3) is 0 Å². The van der Waals surface area contributed by atoms with Gasteiger partial charge in [-0.2, -0.15) is 4.98 Å². The predicted octanol–water partition coefficient (Wildman–Crippen LogP) is -0.331. The summed E-state index contributed by atoms with van der Waals surface area (Å²) in [7, 11) is -10.2. The first-order valence-electron chi connectivity index (χ1n) is 17.0. The summed E-state index contributed by atoms with van der Waals surface area (Å²) in [4.78, 5) is 84.8. The lowest BCUT2D eigenvalue weighted by Crippen LogP contribution is -2.56. The number of phosphoric ester groups is 2. The molecule has 3 fully saturated rings. The molecule has 0 aliphatic carbocycles. The number of aliphatic hydroxyl groups is 1. The summed E-state index contributed by atoms with van der Waals surface area (Å²) in [6, 6.07) is 1.29. The van der Waals surface area contributed by atoms with E-state index in [0.29, 0.717) is 6.29 Å². The van der Waals surface area contributed by atoms with Crippen molar-refractivity contribution in [3.05, 3.63) is 35.4 Å². The zero-order valence-electron chi connectivity index (χ0n) is 30.4. The summed E-state index contributed by atoms with van der Waals surface area (Å²) in [5.74, 6) is 0.148. The molecule has 3 aliphatic rings. The number of rotatable bonds is 14. The Kier molecular flexibility index (Phi) is 12.5. The first-order chi connectivity index (χ1) is 26.7. The number of hydrogen-bond donors (Lipinski definition) is 6. The lowest BCUT2D eigenvalue weighted by molar-refractivity contribution is -0.126. The van der Waals surface area contributed by atoms with E-state index in [4.69, 9.17) is 39.5 Å². The first kappa shape index (κ1) is 43.0. The summed E-state index contributed by atoms with van der Waals surface area (Å²) in [5.41, 5.74) is 8.57. The molecule has 0 spiro atoms. The smallest absolute Gasteiger partial charge is 0.444 e. The largest absolute Gasteiger partial charge is 0.472 e. The molecule has 0 bridgehead atoms. The van der Waals surface area contributed by atoms with Gasteiger partial charge in [0.1, 0.15) is 71.8 Å². The Hall–Kier alpha value is -3.62. The topological polar surface area (TPSA) is 348 Å². The van der Waals surface area contributed by atoms with E-state index in [9.17, 15) is 43.3 Å². The van der Waals surface area contributed by atoms with Crippen LogP contribution in [-0.4, -0.2) is 139 Å². The highest BCUT2D eigenvalue weighted by Crippen LogP contribution is 2.50. The second-order valence-electron chi connectivity index (χ2n) is 14.1. The lowest BCUT2D eigenvalue weighted by Gasteiger charge is -2.35. The van der Waals surface area contributed by atoms with Crippen LogP contribution in [-0.2, 0) is 46.4 Å². The average molecular weight is 866 g/mol. The maximum atomic E-state index is 13.5. The Morgan fingerprint density at radius 3 is 2.53 bits per heavy atom. The molecule has 3 aromatic heterocycles. The number of aromatic nitrogens is 6. The Balaban J connectivity index is 1.22. The number of carbonyl (C=O) groups is 2. The van der Waals surface area contributed by atoms with Gasteiger partial charge in [0.15, 0.2) is 17.7 Å². The maximum absolute atomic E-state index is 13.5. The molecule has 25 nitrogen and oxygen atoms in total. The normalized spacial score (nSPS) is 29.2. The highest BCUT2D eigenvalue weighted by molar-refractivity contribution is 7.99. The van der Waals surface area contributed by atoms with Gasteiger partial charge >= 0.3 is 27.4 Å². The molecule has 57 heavy (non-hydrogen) atoms. The van der Waals surface area contributed by atoms with Gasteiger partial charge in [-0.1, -0.05) is 0 Å². The molecular weight excluding hydrogens is 824 g/mol. The van der Waals surface area contributed by atoms with E-state index in [0.717, 1.165) is 10.9 Å². The van der Waals surface area contributed by atoms with Crippen LogP contribution >= 0.6 is 27.4 Å². The number of anilines is 2. The Morgan fingerprint density at radius 1 is 1.11 bits per heavy atom. The SMILES string of the molecule is CC(C)(C)OC(=O)N1CSC[C@@]1(C=O)CO[C@H]1[C@@H](O)[C@H](n2cnc3c(N)ncnc32)O[C@@H]1COP(=O)(O)O[C@H]1C[C@H](n2ccc(N)nc2=O)O[C@@H]1COP(=O)(O)O. The monoisotopic (exact) mass is 865 g/mol. The van der Waals surface area contributed by atoms with Crippen LogP contribution in [0, 0.1) is 0 Å². The van der Waals surface area contributed by atoms with Crippen molar-refractivity contribution in [3.63, 3.8) is 0 Å². The molecule has 0 aromatic carbocycles. The van der Waals surface area contributed by atoms with Gasteiger partial charge in [-0.05, 0) is 26.8 Å². The number of nitrogen functional groups attached to an aromatic ring is 2. The number of aldehydes is 1. The van der Waals surface area contributed by atoms with Crippen LogP contribution in [0.5, 0.6) is 0 Å². The number of carbonyl (C=O) groups excluding carboxylic acids is 2. The first-order valence-corrected chi connectivity index (χ1v) is 21.2. The van der Waals surface area contributed by atoms with Crippen LogP contribution in [0.15, 0.2) is 29.7 Å². The Morgan fingerprint density at radius 2 is 1.84 bits per heavy atom. The summed E-state index contributed by atoms with van der Waals surface area (Å²) in [6.45, 7) is 2.90. The number of hydrogen-bond acceptors (Lipinski definition) is 20. The fourth-order valence-corrected chi connectivity index (χ4v) is 8.82. The predicted molar refractivity (Wildman–Crippen MR) is 194 cm³/mol. The number of amides is 1. The molecule has 3 aromatic rings. The minimum Gasteiger partial charge on any atom is -0.444 e. The third-order valence-electron chi connectivity index (χ3n) is 8.86. The number of fused-ring (bicyclic) bond motifs is 1. The summed E-state index contributed by atoms with van der Waals surface area (Å²) < 4.78 is 66.0. The molecule has 8 N–H and O–H groups in total. The van der Waals surface area contributed by atoms with Crippen molar-refractivity contribution in [2.24, 2.45) is 0 Å². The number of ether oxygens (including phenoxy) is 4. The minimum atomic E-state index is -5.16. The molecule has 3 saturated heterocycles. The third-order valence-corrected chi connectivity index (χ3v) is 11.5. The van der Waals surface area contributed by atoms with Gasteiger partial charge in [-0.3, -0.25) is 27.6 Å². The zero-order valence-corrected chi connectivity index (χ0v) is 33.1. The maximum Gasteiger partial charge on any atom is 0.472 e. The second-order valence-corrected chi connectivity index (χ2v) is 17.7. The van der Waals surface area contributed by atoms with Crippen molar-refractivity contribution >= 4 is 62.6 Å². The van der Waals surface area contributed by atoms with Gasteiger partial charge < -0.3 is 55.0 Å². The van der Waals surface area contributed by atoms with Gasteiger partial charge in [0.2, 0.25) is 0 Å². The lowest BCUT2D eigenvalue weighted by atomic mass is 10.0. The number of nitrogens with two attached hydrogens (primary N) is 2. The van der Waals surface area contributed by atoms with Crippen molar-refractivity contribution in [2.45, 2.75) is 81.3 Å². The molecule has 6 heterocycles. The fraction of sp³-hybridized carbons (Fsp3) is 0.621. The second kappa shape index (κ2) is 16.6. The molecule has 0 saturated carbocycles. The van der Waals surface area contributed by atoms with Crippen molar-refractivity contribution in [2.75, 3.05) is 42.9 Å². The van der Waals surface area contributed by atoms with Crippen LogP contribution in [0.3, 0.4) is 0 Å². The van der Waals surface area contributed by atoms with E-state index >= 15 is 0 Å². The van der Waals surface area contributed by atoms with Gasteiger partial charge in [0, 0.05) is 18.4 Å². The molecule has 1 unspecified atom stereocenters. The van der Waals surface area contributed by atoms with Crippen LogP contribution in [0.25, 0.3) is 11.2 Å². The Labute approximate surface area is 326 Å². The van der Waals surface area contributed by atoms with Crippen molar-refractivity contribution in [3.8, 4) is 0 Å². The standard InChI is InChI=1S/C29H41N9O16P2S/c1-28(2,3)53-27(42)38-14-57-11-29(38,9-39)10-48-22-17(52-25(21(22)40)37-13-34-20-23(31)32-12-33-24(20)37)8-50-56(46,47)54-15-6-19(36-5-4-18(30)35-26(36)41)51-16(15)7-49-55(43,44)45/h4-5,9,12-13,15-17,19,21-22,25,40H,6-8,10-11,14H2,1-3H3,(H,46,47)(H2,30,35,41)(H2,31,32,33)(H2,43,44,45)/t15-,16+,17+,19+,21+,22+,25+,29+/m0/s1. The molecule has 1 amide bonds. The van der Waals surface area contributed by atoms with Crippen molar-refractivity contribution in [1.82, 2.24) is 34.0 Å². The summed E-state index contributed by atoms with van der Waals surface area (Å²) in [5, 5.41) is 11.6. The van der Waals surface area contributed by atoms with Crippen molar-refractivity contribution < 1.29 is 71.0 Å². The molecule has 9 atom stereocenters. The fourth-order valence-electron chi connectivity index (χ4n) is 6.23. The van der Waals surface area contributed by atoms with Crippen molar-refractivity contribution in [1.29, 1.82) is 0 Å². The molecule has 6 rings (SSSR count). The van der Waals surface area contributed by atoms with Crippen LogP contribution in [0.2, 0.25) is 0 Å². The summed E-state index contributed by atoms with van der Waals surface area (Å²) >= 11 is 1.27. The number of imidazole rings is 1. The summed E-state index contributed by atoms with van der Waals surface area (Å²) in [6.07, 6.45) is -6.62. The van der Waals surface area contributed by atoms with E-state index in [1.165, 1.54) is 39.8 Å². The minimum absolute atomic E-state index is 0.0337. The molecule has 0 radical (unpaired) electrons. The molecular formula is C29H41N9O16P2S. The highest BCUT2D eigenvalue weighted by atomic mass is 32.2. The molecule has 314 valence electrons. The quantitative estimate of drug-likeness (QED) is 0.0892. The van der Waals surface area contributed by atoms with E-state index < -0.39 is 101 Å². The van der Waals surface area contributed by atoms with Crippen LogP contribution < -0.4 is 17.2 Å². The van der Waals surface area contributed by atoms with E-state index in [1.54, 1.807) is 20.8 Å². The third kappa shape index (κ3) is 9.82. The number of thioether (sulfide) groups is 1. The average Bonchev–Trinajstić information content (AvgIpc) is 3.89. The Bertz CT molecular complexity index is 2120.